The van der Waals surface area contributed by atoms with E-state index in [4.69, 9.17) is 18.9 Å². The van der Waals surface area contributed by atoms with Crippen molar-refractivity contribution in [3.8, 4) is 17.2 Å². The van der Waals surface area contributed by atoms with Gasteiger partial charge in [0, 0.05) is 7.11 Å². The molecule has 0 radical (unpaired) electrons. The number of hydrogen-bond donors (Lipinski definition) is 0. The first-order valence-electron chi connectivity index (χ1n) is 7.06. The summed E-state index contributed by atoms with van der Waals surface area (Å²) in [6.07, 6.45) is 1.68. The number of benzene rings is 2. The summed E-state index contributed by atoms with van der Waals surface area (Å²) in [5.41, 5.74) is 1.34. The Morgan fingerprint density at radius 2 is 1.91 bits per heavy atom. The van der Waals surface area contributed by atoms with Crippen molar-refractivity contribution in [1.82, 2.24) is 0 Å². The first-order valence-corrected chi connectivity index (χ1v) is 7.06. The Balaban J connectivity index is 1.90. The quantitative estimate of drug-likeness (QED) is 0.626. The van der Waals surface area contributed by atoms with Gasteiger partial charge >= 0.3 is 0 Å². The van der Waals surface area contributed by atoms with Crippen LogP contribution in [0.3, 0.4) is 0 Å². The average molecular weight is 312 g/mol. The molecule has 0 unspecified atom stereocenters. The third kappa shape index (κ3) is 3.05. The molecule has 2 aromatic carbocycles. The van der Waals surface area contributed by atoms with Crippen molar-refractivity contribution in [3.63, 3.8) is 0 Å². The minimum Gasteiger partial charge on any atom is -0.493 e. The van der Waals surface area contributed by atoms with Crippen molar-refractivity contribution < 1.29 is 23.7 Å². The third-order valence-electron chi connectivity index (χ3n) is 3.39. The Morgan fingerprint density at radius 1 is 1.09 bits per heavy atom. The number of allylic oxidation sites excluding steroid dienone is 1. The molecule has 0 atom stereocenters. The molecule has 0 spiro atoms. The molecule has 5 nitrogen and oxygen atoms in total. The standard InChI is InChI=1S/C18H16O5/c1-20-11-22-16-9-12(7-8-15(16)21-2)10-17-18(19)13-5-3-4-6-14(13)23-17/h3-10H,11H2,1-2H3/b17-10-. The first-order chi connectivity index (χ1) is 11.2. The minimum absolute atomic E-state index is 0.108. The molecule has 23 heavy (non-hydrogen) atoms. The predicted octanol–water partition coefficient (Wildman–Crippen LogP) is 3.29. The first kappa shape index (κ1) is 15.1. The van der Waals surface area contributed by atoms with Crippen molar-refractivity contribution in [2.75, 3.05) is 21.0 Å². The van der Waals surface area contributed by atoms with Crippen LogP contribution in [0.5, 0.6) is 17.2 Å². The van der Waals surface area contributed by atoms with Crippen molar-refractivity contribution in [2.45, 2.75) is 0 Å². The van der Waals surface area contributed by atoms with Gasteiger partial charge in [-0.1, -0.05) is 18.2 Å². The highest BCUT2D eigenvalue weighted by atomic mass is 16.7. The van der Waals surface area contributed by atoms with Crippen LogP contribution in [0.15, 0.2) is 48.2 Å². The average Bonchev–Trinajstić information content (AvgIpc) is 2.89. The molecule has 2 aromatic rings. The number of ether oxygens (including phenoxy) is 4. The van der Waals surface area contributed by atoms with Crippen LogP contribution < -0.4 is 14.2 Å². The molecule has 0 saturated heterocycles. The number of Topliss-reactive ketones (excluding diaryl/α,β-unsaturated/α-hetero) is 1. The van der Waals surface area contributed by atoms with Gasteiger partial charge in [0.25, 0.3) is 0 Å². The lowest BCUT2D eigenvalue weighted by Gasteiger charge is -2.10. The van der Waals surface area contributed by atoms with Crippen molar-refractivity contribution in [1.29, 1.82) is 0 Å². The molecule has 1 heterocycles. The molecular weight excluding hydrogens is 296 g/mol. The smallest absolute Gasteiger partial charge is 0.231 e. The molecule has 1 aliphatic heterocycles. The van der Waals surface area contributed by atoms with E-state index < -0.39 is 0 Å². The summed E-state index contributed by atoms with van der Waals surface area (Å²) >= 11 is 0. The maximum atomic E-state index is 12.3. The molecule has 0 N–H and O–H groups in total. The lowest BCUT2D eigenvalue weighted by molar-refractivity contribution is 0.0491. The maximum absolute atomic E-state index is 12.3. The number of methoxy groups -OCH3 is 2. The third-order valence-corrected chi connectivity index (χ3v) is 3.39. The summed E-state index contributed by atoms with van der Waals surface area (Å²) in [4.78, 5) is 12.3. The fourth-order valence-corrected chi connectivity index (χ4v) is 2.31. The normalized spacial score (nSPS) is 14.5. The summed E-state index contributed by atoms with van der Waals surface area (Å²) in [6.45, 7) is 0.108. The molecule has 0 amide bonds. The molecular formula is C18H16O5. The predicted molar refractivity (Wildman–Crippen MR) is 84.9 cm³/mol. The van der Waals surface area contributed by atoms with Crippen molar-refractivity contribution in [2.24, 2.45) is 0 Å². The number of hydrogen-bond acceptors (Lipinski definition) is 5. The summed E-state index contributed by atoms with van der Waals surface area (Å²) in [7, 11) is 3.11. The van der Waals surface area contributed by atoms with E-state index in [-0.39, 0.29) is 18.3 Å². The number of rotatable bonds is 5. The molecule has 0 bridgehead atoms. The van der Waals surface area contributed by atoms with Crippen LogP contribution in [0.1, 0.15) is 15.9 Å². The van der Waals surface area contributed by atoms with Crippen LogP contribution in [-0.2, 0) is 4.74 Å². The van der Waals surface area contributed by atoms with Gasteiger partial charge in [0.15, 0.2) is 24.1 Å². The van der Waals surface area contributed by atoms with Gasteiger partial charge in [-0.3, -0.25) is 4.79 Å². The zero-order chi connectivity index (χ0) is 16.2. The fraction of sp³-hybridized carbons (Fsp3) is 0.167. The van der Waals surface area contributed by atoms with E-state index in [1.54, 1.807) is 44.6 Å². The van der Waals surface area contributed by atoms with Gasteiger partial charge in [-0.15, -0.1) is 0 Å². The zero-order valence-electron chi connectivity index (χ0n) is 12.9. The van der Waals surface area contributed by atoms with Gasteiger partial charge in [0.2, 0.25) is 5.78 Å². The van der Waals surface area contributed by atoms with Gasteiger partial charge < -0.3 is 18.9 Å². The van der Waals surface area contributed by atoms with E-state index in [9.17, 15) is 4.79 Å². The van der Waals surface area contributed by atoms with E-state index in [2.05, 4.69) is 0 Å². The maximum Gasteiger partial charge on any atom is 0.231 e. The topological polar surface area (TPSA) is 54.0 Å². The second kappa shape index (κ2) is 6.54. The van der Waals surface area contributed by atoms with E-state index in [1.165, 1.54) is 0 Å². The summed E-state index contributed by atoms with van der Waals surface area (Å²) in [6, 6.07) is 12.5. The Labute approximate surface area is 134 Å². The van der Waals surface area contributed by atoms with E-state index in [1.807, 2.05) is 18.2 Å². The lowest BCUT2D eigenvalue weighted by Crippen LogP contribution is -2.01. The van der Waals surface area contributed by atoms with Crippen LogP contribution in [-0.4, -0.2) is 26.8 Å². The lowest BCUT2D eigenvalue weighted by atomic mass is 10.1. The molecule has 118 valence electrons. The second-order valence-corrected chi connectivity index (χ2v) is 4.90. The number of ketones is 1. The van der Waals surface area contributed by atoms with Gasteiger partial charge in [-0.2, -0.15) is 0 Å². The van der Waals surface area contributed by atoms with E-state index in [0.29, 0.717) is 22.8 Å². The Hall–Kier alpha value is -2.79. The van der Waals surface area contributed by atoms with Gasteiger partial charge in [0.1, 0.15) is 5.75 Å². The number of carbonyl (C=O) groups excluding carboxylic acids is 1. The molecule has 0 fully saturated rings. The Kier molecular flexibility index (Phi) is 4.30. The van der Waals surface area contributed by atoms with Crippen molar-refractivity contribution in [3.05, 3.63) is 59.4 Å². The summed E-state index contributed by atoms with van der Waals surface area (Å²) in [5.74, 6) is 1.86. The molecule has 0 aliphatic carbocycles. The van der Waals surface area contributed by atoms with Gasteiger partial charge in [-0.25, -0.2) is 0 Å². The van der Waals surface area contributed by atoms with E-state index >= 15 is 0 Å². The highest BCUT2D eigenvalue weighted by molar-refractivity contribution is 6.14. The largest absolute Gasteiger partial charge is 0.493 e. The molecule has 5 heteroatoms. The zero-order valence-corrected chi connectivity index (χ0v) is 12.9. The van der Waals surface area contributed by atoms with E-state index in [0.717, 1.165) is 5.56 Å². The fourth-order valence-electron chi connectivity index (χ4n) is 2.31. The van der Waals surface area contributed by atoms with Crippen LogP contribution in [0.2, 0.25) is 0 Å². The number of para-hydroxylation sites is 1. The molecule has 1 aliphatic rings. The molecule has 0 saturated carbocycles. The minimum atomic E-state index is -0.129. The monoisotopic (exact) mass is 312 g/mol. The highest BCUT2D eigenvalue weighted by Gasteiger charge is 2.26. The van der Waals surface area contributed by atoms with Crippen LogP contribution in [0.4, 0.5) is 0 Å². The Bertz CT molecular complexity index is 764. The second-order valence-electron chi connectivity index (χ2n) is 4.90. The van der Waals surface area contributed by atoms with Crippen molar-refractivity contribution >= 4 is 11.9 Å². The molecule has 3 rings (SSSR count). The van der Waals surface area contributed by atoms with Gasteiger partial charge in [-0.05, 0) is 35.9 Å². The summed E-state index contributed by atoms with van der Waals surface area (Å²) in [5, 5.41) is 0. The highest BCUT2D eigenvalue weighted by Crippen LogP contribution is 2.33. The van der Waals surface area contributed by atoms with Gasteiger partial charge in [0.05, 0.1) is 12.7 Å². The van der Waals surface area contributed by atoms with Crippen LogP contribution in [0.25, 0.3) is 6.08 Å². The molecule has 0 aromatic heterocycles. The number of carbonyl (C=O) groups is 1. The number of fused-ring (bicyclic) bond motifs is 1. The van der Waals surface area contributed by atoms with Crippen LogP contribution in [0, 0.1) is 0 Å². The Morgan fingerprint density at radius 3 is 2.65 bits per heavy atom. The summed E-state index contributed by atoms with van der Waals surface area (Å²) < 4.78 is 21.2. The SMILES string of the molecule is COCOc1cc(/C=C2\Oc3ccccc3C2=O)ccc1OC. The van der Waals surface area contributed by atoms with Crippen LogP contribution >= 0.6 is 0 Å².